The smallest absolute Gasteiger partial charge is 0.309 e. The molecule has 0 aliphatic carbocycles. The summed E-state index contributed by atoms with van der Waals surface area (Å²) in [6.45, 7) is 2.56. The minimum absolute atomic E-state index is 0.0746. The molecular formula is C12H17N3O3. The van der Waals surface area contributed by atoms with Crippen molar-refractivity contribution in [2.24, 2.45) is 13.0 Å². The summed E-state index contributed by atoms with van der Waals surface area (Å²) in [6, 6.07) is 1.38. The van der Waals surface area contributed by atoms with Crippen LogP contribution in [0.5, 0.6) is 0 Å². The van der Waals surface area contributed by atoms with Gasteiger partial charge in [0, 0.05) is 26.2 Å². The van der Waals surface area contributed by atoms with E-state index in [2.05, 4.69) is 5.10 Å². The van der Waals surface area contributed by atoms with Crippen LogP contribution in [0.3, 0.4) is 0 Å². The van der Waals surface area contributed by atoms with E-state index in [1.807, 2.05) is 6.92 Å². The molecule has 1 aliphatic heterocycles. The van der Waals surface area contributed by atoms with E-state index in [1.165, 1.54) is 0 Å². The SMILES string of the molecule is CCCN1C(=O)CC(C(=O)O)C1c1ccnn1C. The number of carbonyl (C=O) groups is 2. The number of nitrogens with zero attached hydrogens (tertiary/aromatic N) is 3. The fourth-order valence-electron chi connectivity index (χ4n) is 2.56. The molecule has 0 aromatic carbocycles. The number of aryl methyl sites for hydroxylation is 1. The van der Waals surface area contributed by atoms with Gasteiger partial charge in [0.25, 0.3) is 0 Å². The van der Waals surface area contributed by atoms with Gasteiger partial charge in [0.15, 0.2) is 0 Å². The largest absolute Gasteiger partial charge is 0.481 e. The molecule has 0 bridgehead atoms. The van der Waals surface area contributed by atoms with Crippen molar-refractivity contribution in [2.45, 2.75) is 25.8 Å². The van der Waals surface area contributed by atoms with E-state index in [4.69, 9.17) is 0 Å². The number of amides is 1. The Morgan fingerprint density at radius 2 is 2.33 bits per heavy atom. The van der Waals surface area contributed by atoms with Crippen molar-refractivity contribution in [1.82, 2.24) is 14.7 Å². The Balaban J connectivity index is 2.39. The van der Waals surface area contributed by atoms with Crippen LogP contribution in [0.4, 0.5) is 0 Å². The van der Waals surface area contributed by atoms with Gasteiger partial charge in [0.2, 0.25) is 5.91 Å². The second-order valence-corrected chi connectivity index (χ2v) is 4.56. The molecule has 1 fully saturated rings. The van der Waals surface area contributed by atoms with Gasteiger partial charge in [-0.05, 0) is 12.5 Å². The van der Waals surface area contributed by atoms with E-state index in [-0.39, 0.29) is 12.3 Å². The molecule has 6 nitrogen and oxygen atoms in total. The third-order valence-electron chi connectivity index (χ3n) is 3.38. The Kier molecular flexibility index (Phi) is 3.36. The maximum atomic E-state index is 11.9. The number of carbonyl (C=O) groups excluding carboxylic acids is 1. The van der Waals surface area contributed by atoms with Gasteiger partial charge in [-0.3, -0.25) is 14.3 Å². The molecule has 18 heavy (non-hydrogen) atoms. The summed E-state index contributed by atoms with van der Waals surface area (Å²) in [7, 11) is 1.77. The number of aliphatic carboxylic acids is 1. The topological polar surface area (TPSA) is 75.4 Å². The Hall–Kier alpha value is -1.85. The molecule has 1 aromatic heterocycles. The van der Waals surface area contributed by atoms with E-state index in [0.717, 1.165) is 12.1 Å². The van der Waals surface area contributed by atoms with Crippen molar-refractivity contribution in [1.29, 1.82) is 0 Å². The van der Waals surface area contributed by atoms with Gasteiger partial charge in [-0.25, -0.2) is 0 Å². The first-order chi connectivity index (χ1) is 8.56. The molecular weight excluding hydrogens is 234 g/mol. The lowest BCUT2D eigenvalue weighted by Crippen LogP contribution is -2.32. The van der Waals surface area contributed by atoms with Gasteiger partial charge < -0.3 is 10.0 Å². The molecule has 1 N–H and O–H groups in total. The molecule has 1 amide bonds. The zero-order valence-corrected chi connectivity index (χ0v) is 10.5. The predicted molar refractivity (Wildman–Crippen MR) is 63.7 cm³/mol. The van der Waals surface area contributed by atoms with Crippen LogP contribution in [0, 0.1) is 5.92 Å². The summed E-state index contributed by atoms with van der Waals surface area (Å²) in [5.74, 6) is -1.69. The number of aromatic nitrogens is 2. The Morgan fingerprint density at radius 3 is 2.83 bits per heavy atom. The summed E-state index contributed by atoms with van der Waals surface area (Å²) >= 11 is 0. The average molecular weight is 251 g/mol. The number of hydrogen-bond acceptors (Lipinski definition) is 3. The molecule has 2 atom stereocenters. The number of likely N-dealkylation sites (tertiary alicyclic amines) is 1. The summed E-state index contributed by atoms with van der Waals surface area (Å²) in [4.78, 5) is 24.9. The van der Waals surface area contributed by atoms with Crippen LogP contribution in [0.15, 0.2) is 12.3 Å². The van der Waals surface area contributed by atoms with Crippen LogP contribution in [0.25, 0.3) is 0 Å². The molecule has 2 unspecified atom stereocenters. The van der Waals surface area contributed by atoms with Crippen LogP contribution in [0.2, 0.25) is 0 Å². The fourth-order valence-corrected chi connectivity index (χ4v) is 2.56. The maximum Gasteiger partial charge on any atom is 0.309 e. The van der Waals surface area contributed by atoms with E-state index in [1.54, 1.807) is 28.9 Å². The molecule has 0 spiro atoms. The predicted octanol–water partition coefficient (Wildman–Crippen LogP) is 0.804. The highest BCUT2D eigenvalue weighted by molar-refractivity contribution is 5.87. The van der Waals surface area contributed by atoms with Crippen LogP contribution < -0.4 is 0 Å². The zero-order valence-electron chi connectivity index (χ0n) is 10.5. The highest BCUT2D eigenvalue weighted by Gasteiger charge is 2.45. The lowest BCUT2D eigenvalue weighted by molar-refractivity contribution is -0.142. The first-order valence-corrected chi connectivity index (χ1v) is 6.06. The van der Waals surface area contributed by atoms with Crippen molar-refractivity contribution in [3.05, 3.63) is 18.0 Å². The number of rotatable bonds is 4. The summed E-state index contributed by atoms with van der Waals surface area (Å²) < 4.78 is 1.64. The van der Waals surface area contributed by atoms with Crippen molar-refractivity contribution in [2.75, 3.05) is 6.54 Å². The average Bonchev–Trinajstić information content (AvgIpc) is 2.85. The standard InChI is InChI=1S/C12H17N3O3/c1-3-6-15-10(16)7-8(12(17)18)11(15)9-4-5-13-14(9)2/h4-5,8,11H,3,6-7H2,1-2H3,(H,17,18). The molecule has 1 aliphatic rings. The van der Waals surface area contributed by atoms with Crippen LogP contribution in [-0.4, -0.2) is 38.2 Å². The molecule has 0 saturated carbocycles. The molecule has 1 saturated heterocycles. The zero-order chi connectivity index (χ0) is 13.3. The Labute approximate surface area is 105 Å². The van der Waals surface area contributed by atoms with Crippen molar-refractivity contribution < 1.29 is 14.7 Å². The third-order valence-corrected chi connectivity index (χ3v) is 3.38. The van der Waals surface area contributed by atoms with E-state index in [0.29, 0.717) is 6.54 Å². The van der Waals surface area contributed by atoms with Crippen molar-refractivity contribution in [3.8, 4) is 0 Å². The van der Waals surface area contributed by atoms with Crippen LogP contribution >= 0.6 is 0 Å². The minimum Gasteiger partial charge on any atom is -0.481 e. The monoisotopic (exact) mass is 251 g/mol. The second kappa shape index (κ2) is 4.80. The molecule has 1 aromatic rings. The fraction of sp³-hybridized carbons (Fsp3) is 0.583. The van der Waals surface area contributed by atoms with E-state index >= 15 is 0 Å². The highest BCUT2D eigenvalue weighted by Crippen LogP contribution is 2.37. The van der Waals surface area contributed by atoms with E-state index in [9.17, 15) is 14.7 Å². The molecule has 6 heteroatoms. The normalized spacial score (nSPS) is 23.7. The quantitative estimate of drug-likeness (QED) is 0.859. The number of carboxylic acids is 1. The van der Waals surface area contributed by atoms with Gasteiger partial charge >= 0.3 is 5.97 Å². The summed E-state index contributed by atoms with van der Waals surface area (Å²) in [6.07, 6.45) is 2.51. The first kappa shape index (κ1) is 12.6. The lowest BCUT2D eigenvalue weighted by atomic mass is 9.97. The lowest BCUT2D eigenvalue weighted by Gasteiger charge is -2.26. The number of carboxylic acid groups (broad SMARTS) is 1. The minimum atomic E-state index is -0.923. The Morgan fingerprint density at radius 1 is 1.61 bits per heavy atom. The maximum absolute atomic E-state index is 11.9. The van der Waals surface area contributed by atoms with Crippen molar-refractivity contribution in [3.63, 3.8) is 0 Å². The summed E-state index contributed by atoms with van der Waals surface area (Å²) in [5, 5.41) is 13.3. The molecule has 98 valence electrons. The van der Waals surface area contributed by atoms with Gasteiger partial charge in [0.05, 0.1) is 17.7 Å². The summed E-state index contributed by atoms with van der Waals surface area (Å²) in [5.41, 5.74) is 0.779. The molecule has 2 rings (SSSR count). The highest BCUT2D eigenvalue weighted by atomic mass is 16.4. The second-order valence-electron chi connectivity index (χ2n) is 4.56. The third kappa shape index (κ3) is 1.98. The van der Waals surface area contributed by atoms with Gasteiger partial charge in [0.1, 0.15) is 0 Å². The van der Waals surface area contributed by atoms with Crippen LogP contribution in [0.1, 0.15) is 31.5 Å². The molecule has 0 radical (unpaired) electrons. The Bertz CT molecular complexity index is 469. The first-order valence-electron chi connectivity index (χ1n) is 6.06. The number of hydrogen-bond donors (Lipinski definition) is 1. The van der Waals surface area contributed by atoms with Crippen LogP contribution in [-0.2, 0) is 16.6 Å². The van der Waals surface area contributed by atoms with Gasteiger partial charge in [-0.1, -0.05) is 6.92 Å². The van der Waals surface area contributed by atoms with Crippen molar-refractivity contribution >= 4 is 11.9 Å². The van der Waals surface area contributed by atoms with Gasteiger partial charge in [-0.15, -0.1) is 0 Å². The van der Waals surface area contributed by atoms with Gasteiger partial charge in [-0.2, -0.15) is 5.10 Å². The molecule has 2 heterocycles. The van der Waals surface area contributed by atoms with E-state index < -0.39 is 17.9 Å².